The lowest BCUT2D eigenvalue weighted by atomic mass is 10.1. The normalized spacial score (nSPS) is 10.6. The van der Waals surface area contributed by atoms with E-state index in [1.807, 2.05) is 36.4 Å². The minimum absolute atomic E-state index is 0.128. The third-order valence-electron chi connectivity index (χ3n) is 5.54. The summed E-state index contributed by atoms with van der Waals surface area (Å²) in [7, 11) is 0. The Bertz CT molecular complexity index is 1720. The number of aromatic amines is 1. The lowest BCUT2D eigenvalue weighted by Gasteiger charge is -2.10. The maximum absolute atomic E-state index is 12.9. The summed E-state index contributed by atoms with van der Waals surface area (Å²) in [6.45, 7) is 1.71. The maximum Gasteiger partial charge on any atom is 0.278 e. The molecular weight excluding hydrogens is 504 g/mol. The molecule has 0 spiro atoms. The molecule has 0 aliphatic heterocycles. The predicted molar refractivity (Wildman–Crippen MR) is 144 cm³/mol. The molecule has 11 heteroatoms. The molecule has 0 unspecified atom stereocenters. The second-order valence-corrected chi connectivity index (χ2v) is 8.61. The maximum atomic E-state index is 12.9. The number of nitrogens with zero attached hydrogens (tertiary/aromatic N) is 5. The highest BCUT2D eigenvalue weighted by atomic mass is 35.5. The molecule has 10 nitrogen and oxygen atoms in total. The van der Waals surface area contributed by atoms with E-state index in [4.69, 9.17) is 11.6 Å². The molecular formula is C27H19ClN8O2. The van der Waals surface area contributed by atoms with E-state index in [0.29, 0.717) is 27.7 Å². The van der Waals surface area contributed by atoms with Crippen molar-refractivity contribution in [3.63, 3.8) is 0 Å². The highest BCUT2D eigenvalue weighted by molar-refractivity contribution is 6.30. The highest BCUT2D eigenvalue weighted by Gasteiger charge is 2.18. The molecule has 0 saturated carbocycles. The molecule has 1 amide bonds. The molecule has 186 valence electrons. The number of carbonyl (C=O) groups excluding carboxylic acids is 1. The first kappa shape index (κ1) is 24.4. The van der Waals surface area contributed by atoms with E-state index in [-0.39, 0.29) is 22.9 Å². The molecule has 0 atom stereocenters. The Labute approximate surface area is 221 Å². The highest BCUT2D eigenvalue weighted by Crippen LogP contribution is 2.24. The van der Waals surface area contributed by atoms with Crippen LogP contribution in [0.5, 0.6) is 0 Å². The van der Waals surface area contributed by atoms with Gasteiger partial charge in [-0.2, -0.15) is 15.2 Å². The minimum Gasteiger partial charge on any atom is -0.326 e. The van der Waals surface area contributed by atoms with E-state index in [9.17, 15) is 14.9 Å². The number of nitrogens with one attached hydrogen (secondary N) is 3. The number of para-hydroxylation sites is 1. The van der Waals surface area contributed by atoms with Crippen molar-refractivity contribution in [2.75, 3.05) is 10.6 Å². The van der Waals surface area contributed by atoms with Gasteiger partial charge in [-0.3, -0.25) is 14.6 Å². The van der Waals surface area contributed by atoms with Gasteiger partial charge in [-0.15, -0.1) is 5.10 Å². The van der Waals surface area contributed by atoms with E-state index in [2.05, 4.69) is 30.8 Å². The second-order valence-electron chi connectivity index (χ2n) is 8.17. The van der Waals surface area contributed by atoms with Gasteiger partial charge in [0.05, 0.1) is 17.1 Å². The number of hydrogen-bond donors (Lipinski definition) is 3. The number of nitriles is 1. The topological polar surface area (TPSA) is 141 Å². The van der Waals surface area contributed by atoms with Crippen LogP contribution in [0.2, 0.25) is 5.02 Å². The SMILES string of the molecule is Cc1nn(-c2ccccc2)nc1C(=O)Nc1ccc(-c2nc(Nc3ccc(Cl)cc3)[nH]c(=O)c2C#N)cc1. The molecule has 3 aromatic carbocycles. The monoisotopic (exact) mass is 522 g/mol. The van der Waals surface area contributed by atoms with Crippen molar-refractivity contribution in [1.82, 2.24) is 25.0 Å². The Morgan fingerprint density at radius 1 is 0.974 bits per heavy atom. The first-order valence-corrected chi connectivity index (χ1v) is 11.8. The van der Waals surface area contributed by atoms with Gasteiger partial charge < -0.3 is 10.6 Å². The number of aromatic nitrogens is 5. The number of anilines is 3. The zero-order valence-corrected chi connectivity index (χ0v) is 20.7. The standard InChI is InChI=1S/C27H19ClN8O2/c1-16-23(35-36(34-16)21-5-3-2-4-6-21)26(38)30-19-11-7-17(8-12-19)24-22(15-29)25(37)33-27(32-24)31-20-13-9-18(28)10-14-20/h2-14H,1H3,(H,30,38)(H2,31,32,33,37). The predicted octanol–water partition coefficient (Wildman–Crippen LogP) is 4.85. The third kappa shape index (κ3) is 5.13. The summed E-state index contributed by atoms with van der Waals surface area (Å²) in [5.41, 5.74) is 2.58. The molecule has 0 aliphatic rings. The number of amides is 1. The van der Waals surface area contributed by atoms with Crippen molar-refractivity contribution in [2.45, 2.75) is 6.92 Å². The van der Waals surface area contributed by atoms with Crippen molar-refractivity contribution >= 4 is 34.8 Å². The van der Waals surface area contributed by atoms with Gasteiger partial charge in [0.25, 0.3) is 11.5 Å². The van der Waals surface area contributed by atoms with E-state index in [0.717, 1.165) is 5.69 Å². The van der Waals surface area contributed by atoms with Crippen LogP contribution in [0.4, 0.5) is 17.3 Å². The van der Waals surface area contributed by atoms with E-state index < -0.39 is 11.5 Å². The van der Waals surface area contributed by atoms with Gasteiger partial charge in [-0.25, -0.2) is 4.98 Å². The summed E-state index contributed by atoms with van der Waals surface area (Å²) in [6.07, 6.45) is 0. The summed E-state index contributed by atoms with van der Waals surface area (Å²) in [6, 6.07) is 24.7. The fourth-order valence-electron chi connectivity index (χ4n) is 3.68. The molecule has 5 rings (SSSR count). The number of rotatable bonds is 6. The van der Waals surface area contributed by atoms with Crippen LogP contribution in [0, 0.1) is 18.3 Å². The van der Waals surface area contributed by atoms with E-state index in [1.54, 1.807) is 55.5 Å². The number of carbonyl (C=O) groups is 1. The van der Waals surface area contributed by atoms with Crippen LogP contribution in [-0.4, -0.2) is 30.9 Å². The Kier molecular flexibility index (Phi) is 6.67. The smallest absolute Gasteiger partial charge is 0.278 e. The molecule has 38 heavy (non-hydrogen) atoms. The van der Waals surface area contributed by atoms with Crippen LogP contribution < -0.4 is 16.2 Å². The minimum atomic E-state index is -0.580. The number of aryl methyl sites for hydroxylation is 1. The van der Waals surface area contributed by atoms with Crippen LogP contribution in [0.15, 0.2) is 83.7 Å². The fourth-order valence-corrected chi connectivity index (χ4v) is 3.81. The summed E-state index contributed by atoms with van der Waals surface area (Å²) in [4.78, 5) is 33.9. The van der Waals surface area contributed by atoms with Gasteiger partial charge in [0.1, 0.15) is 11.6 Å². The van der Waals surface area contributed by atoms with Gasteiger partial charge in [0.15, 0.2) is 5.69 Å². The molecule has 0 bridgehead atoms. The number of halogens is 1. The fraction of sp³-hybridized carbons (Fsp3) is 0.0370. The van der Waals surface area contributed by atoms with Crippen molar-refractivity contribution in [3.8, 4) is 23.0 Å². The average Bonchev–Trinajstić information content (AvgIpc) is 3.32. The number of hydrogen-bond acceptors (Lipinski definition) is 7. The number of benzene rings is 3. The van der Waals surface area contributed by atoms with Crippen LogP contribution in [0.25, 0.3) is 16.9 Å². The Hall–Kier alpha value is -5.27. The van der Waals surface area contributed by atoms with Crippen molar-refractivity contribution in [1.29, 1.82) is 5.26 Å². The van der Waals surface area contributed by atoms with Gasteiger partial charge >= 0.3 is 0 Å². The van der Waals surface area contributed by atoms with Gasteiger partial charge in [-0.1, -0.05) is 41.9 Å². The van der Waals surface area contributed by atoms with Crippen LogP contribution in [0.1, 0.15) is 21.7 Å². The summed E-state index contributed by atoms with van der Waals surface area (Å²) < 4.78 is 0. The molecule has 2 aromatic heterocycles. The lowest BCUT2D eigenvalue weighted by Crippen LogP contribution is -2.16. The Balaban J connectivity index is 1.37. The van der Waals surface area contributed by atoms with Crippen LogP contribution in [0.3, 0.4) is 0 Å². The second kappa shape index (κ2) is 10.4. The third-order valence-corrected chi connectivity index (χ3v) is 5.79. The first-order chi connectivity index (χ1) is 18.4. The van der Waals surface area contributed by atoms with Crippen molar-refractivity contribution < 1.29 is 4.79 Å². The summed E-state index contributed by atoms with van der Waals surface area (Å²) in [5.74, 6) is -0.250. The van der Waals surface area contributed by atoms with Crippen LogP contribution >= 0.6 is 11.6 Å². The molecule has 0 fully saturated rings. The molecule has 5 aromatic rings. The summed E-state index contributed by atoms with van der Waals surface area (Å²) >= 11 is 5.93. The van der Waals surface area contributed by atoms with Gasteiger partial charge in [-0.05, 0) is 55.5 Å². The first-order valence-electron chi connectivity index (χ1n) is 11.4. The Morgan fingerprint density at radius 2 is 1.66 bits per heavy atom. The molecule has 2 heterocycles. The molecule has 0 radical (unpaired) electrons. The molecule has 0 aliphatic carbocycles. The quantitative estimate of drug-likeness (QED) is 0.289. The molecule has 3 N–H and O–H groups in total. The largest absolute Gasteiger partial charge is 0.326 e. The summed E-state index contributed by atoms with van der Waals surface area (Å²) in [5, 5.41) is 24.6. The zero-order valence-electron chi connectivity index (χ0n) is 19.9. The van der Waals surface area contributed by atoms with E-state index >= 15 is 0 Å². The zero-order chi connectivity index (χ0) is 26.6. The van der Waals surface area contributed by atoms with Crippen molar-refractivity contribution in [2.24, 2.45) is 0 Å². The molecule has 0 saturated heterocycles. The van der Waals surface area contributed by atoms with Gasteiger partial charge in [0, 0.05) is 22.0 Å². The lowest BCUT2D eigenvalue weighted by molar-refractivity contribution is 0.102. The average molecular weight is 523 g/mol. The number of H-pyrrole nitrogens is 1. The van der Waals surface area contributed by atoms with Crippen molar-refractivity contribution in [3.05, 3.63) is 111 Å². The van der Waals surface area contributed by atoms with Crippen LogP contribution in [-0.2, 0) is 0 Å². The van der Waals surface area contributed by atoms with E-state index in [1.165, 1.54) is 4.80 Å². The Morgan fingerprint density at radius 3 is 2.34 bits per heavy atom. The van der Waals surface area contributed by atoms with Gasteiger partial charge in [0.2, 0.25) is 5.95 Å².